The lowest BCUT2D eigenvalue weighted by molar-refractivity contribution is 0.0275. The van der Waals surface area contributed by atoms with Gasteiger partial charge in [0.2, 0.25) is 5.88 Å². The number of piperazine rings is 1. The normalized spacial score (nSPS) is 17.1. The third-order valence-corrected chi connectivity index (χ3v) is 10.1. The summed E-state index contributed by atoms with van der Waals surface area (Å²) in [6.07, 6.45) is 3.89. The number of hydrogen-bond acceptors (Lipinski definition) is 14. The van der Waals surface area contributed by atoms with Crippen LogP contribution in [0.3, 0.4) is 0 Å². The standard InChI is InChI=1S/C36H44N6O8S/c1-26-7-11-30(12-8-26)51(43,44)50-20-18-47-16-15-46-17-19-48-35-21-27(13-14-38-35)42-28-9-10-29(42)24-41(23-28)33-22-32(39-40-36(33)37)31-5-3-4-6-34(31)49-25-45-2/h3-8,11-14,21-22,28-29H,9-10,15-20,23-25H2,1-2H3,(H2,37,40). The average Bonchev–Trinajstić information content (AvgIpc) is 3.41. The van der Waals surface area contributed by atoms with Gasteiger partial charge in [0.25, 0.3) is 10.1 Å². The number of para-hydroxylation sites is 1. The van der Waals surface area contributed by atoms with Crippen LogP contribution in [0.1, 0.15) is 18.4 Å². The van der Waals surface area contributed by atoms with Crippen LogP contribution in [-0.4, -0.2) is 102 Å². The first kappa shape index (κ1) is 36.3. The molecule has 2 unspecified atom stereocenters. The van der Waals surface area contributed by atoms with E-state index in [9.17, 15) is 8.42 Å². The number of fused-ring (bicyclic) bond motifs is 2. The quantitative estimate of drug-likeness (QED) is 0.0889. The second-order valence-corrected chi connectivity index (χ2v) is 13.9. The van der Waals surface area contributed by atoms with E-state index < -0.39 is 10.1 Å². The van der Waals surface area contributed by atoms with Crippen molar-refractivity contribution < 1.29 is 36.3 Å². The van der Waals surface area contributed by atoms with E-state index in [0.29, 0.717) is 49.6 Å². The number of methoxy groups -OCH3 is 1. The number of benzene rings is 2. The molecular weight excluding hydrogens is 676 g/mol. The molecule has 2 aliphatic rings. The first-order chi connectivity index (χ1) is 24.8. The van der Waals surface area contributed by atoms with Gasteiger partial charge in [0.05, 0.1) is 49.3 Å². The van der Waals surface area contributed by atoms with Crippen molar-refractivity contribution in [3.63, 3.8) is 0 Å². The van der Waals surface area contributed by atoms with Gasteiger partial charge in [-0.1, -0.05) is 29.8 Å². The lowest BCUT2D eigenvalue weighted by atomic mass is 10.1. The van der Waals surface area contributed by atoms with Crippen molar-refractivity contribution in [3.05, 3.63) is 78.5 Å². The van der Waals surface area contributed by atoms with Crippen molar-refractivity contribution >= 4 is 27.3 Å². The Balaban J connectivity index is 0.945. The zero-order valence-corrected chi connectivity index (χ0v) is 29.7. The molecule has 4 aromatic rings. The van der Waals surface area contributed by atoms with E-state index in [0.717, 1.165) is 48.4 Å². The minimum Gasteiger partial charge on any atom is -0.475 e. The van der Waals surface area contributed by atoms with Crippen LogP contribution in [0.4, 0.5) is 17.2 Å². The minimum absolute atomic E-state index is 0.0748. The van der Waals surface area contributed by atoms with Crippen molar-refractivity contribution in [3.8, 4) is 22.9 Å². The van der Waals surface area contributed by atoms with E-state index in [-0.39, 0.29) is 37.0 Å². The van der Waals surface area contributed by atoms with Crippen LogP contribution in [0, 0.1) is 6.92 Å². The fourth-order valence-electron chi connectivity index (χ4n) is 6.37. The van der Waals surface area contributed by atoms with Gasteiger partial charge in [0.1, 0.15) is 12.4 Å². The Labute approximate surface area is 298 Å². The Morgan fingerprint density at radius 3 is 2.29 bits per heavy atom. The molecule has 6 rings (SSSR count). The van der Waals surface area contributed by atoms with Gasteiger partial charge in [-0.25, -0.2) is 4.98 Å². The highest BCUT2D eigenvalue weighted by Gasteiger charge is 2.41. The van der Waals surface area contributed by atoms with Crippen molar-refractivity contribution in [2.75, 3.05) is 82.2 Å². The molecular formula is C36H44N6O8S. The number of nitrogens with zero attached hydrogens (tertiary/aromatic N) is 5. The Morgan fingerprint density at radius 1 is 0.843 bits per heavy atom. The van der Waals surface area contributed by atoms with Gasteiger partial charge >= 0.3 is 0 Å². The summed E-state index contributed by atoms with van der Waals surface area (Å²) in [5.41, 5.74) is 10.8. The smallest absolute Gasteiger partial charge is 0.297 e. The zero-order chi connectivity index (χ0) is 35.6. The molecule has 0 saturated carbocycles. The molecule has 0 radical (unpaired) electrons. The van der Waals surface area contributed by atoms with Crippen LogP contribution in [0.2, 0.25) is 0 Å². The van der Waals surface area contributed by atoms with Crippen LogP contribution >= 0.6 is 0 Å². The Morgan fingerprint density at radius 2 is 1.55 bits per heavy atom. The monoisotopic (exact) mass is 720 g/mol. The van der Waals surface area contributed by atoms with Gasteiger partial charge in [-0.15, -0.1) is 10.2 Å². The van der Waals surface area contributed by atoms with Gasteiger partial charge in [-0.3, -0.25) is 4.18 Å². The summed E-state index contributed by atoms with van der Waals surface area (Å²) >= 11 is 0. The maximum atomic E-state index is 12.2. The van der Waals surface area contributed by atoms with E-state index in [1.54, 1.807) is 25.4 Å². The Hall–Kier alpha value is -4.54. The molecule has 2 bridgehead atoms. The number of nitrogens with two attached hydrogens (primary N) is 1. The molecule has 2 fully saturated rings. The highest BCUT2D eigenvalue weighted by atomic mass is 32.2. The molecule has 0 amide bonds. The summed E-state index contributed by atoms with van der Waals surface area (Å²) in [6.45, 7) is 4.97. The second-order valence-electron chi connectivity index (χ2n) is 12.3. The van der Waals surface area contributed by atoms with Crippen molar-refractivity contribution in [2.24, 2.45) is 0 Å². The number of rotatable bonds is 18. The van der Waals surface area contributed by atoms with E-state index in [1.807, 2.05) is 49.4 Å². The molecule has 2 atom stereocenters. The molecule has 2 aromatic heterocycles. The predicted octanol–water partition coefficient (Wildman–Crippen LogP) is 4.09. The van der Waals surface area contributed by atoms with Crippen molar-refractivity contribution in [1.82, 2.24) is 15.2 Å². The molecule has 14 nitrogen and oxygen atoms in total. The number of pyridine rings is 1. The second kappa shape index (κ2) is 17.1. The summed E-state index contributed by atoms with van der Waals surface area (Å²) < 4.78 is 57.3. The fourth-order valence-corrected chi connectivity index (χ4v) is 7.26. The maximum absolute atomic E-state index is 12.2. The highest BCUT2D eigenvalue weighted by Crippen LogP contribution is 2.39. The Bertz CT molecular complexity index is 1830. The van der Waals surface area contributed by atoms with Crippen LogP contribution in [0.25, 0.3) is 11.3 Å². The van der Waals surface area contributed by atoms with E-state index in [2.05, 4.69) is 25.0 Å². The van der Waals surface area contributed by atoms with Crippen molar-refractivity contribution in [2.45, 2.75) is 36.7 Å². The number of anilines is 3. The molecule has 2 N–H and O–H groups in total. The molecule has 2 saturated heterocycles. The highest BCUT2D eigenvalue weighted by molar-refractivity contribution is 7.86. The number of nitrogen functional groups attached to an aromatic ring is 1. The summed E-state index contributed by atoms with van der Waals surface area (Å²) in [7, 11) is -2.22. The van der Waals surface area contributed by atoms with E-state index in [1.165, 1.54) is 12.1 Å². The third kappa shape index (κ3) is 9.23. The lowest BCUT2D eigenvalue weighted by Crippen LogP contribution is -2.54. The molecule has 51 heavy (non-hydrogen) atoms. The topological polar surface area (TPSA) is 161 Å². The van der Waals surface area contributed by atoms with E-state index in [4.69, 9.17) is 33.6 Å². The molecule has 0 aliphatic carbocycles. The first-order valence-electron chi connectivity index (χ1n) is 16.9. The van der Waals surface area contributed by atoms with Crippen LogP contribution in [-0.2, 0) is 28.5 Å². The van der Waals surface area contributed by atoms with Gasteiger partial charge < -0.3 is 39.2 Å². The Kier molecular flexibility index (Phi) is 12.2. The van der Waals surface area contributed by atoms with Gasteiger partial charge in [0, 0.05) is 55.8 Å². The molecule has 0 spiro atoms. The van der Waals surface area contributed by atoms with Crippen LogP contribution < -0.4 is 25.0 Å². The predicted molar refractivity (Wildman–Crippen MR) is 192 cm³/mol. The summed E-state index contributed by atoms with van der Waals surface area (Å²) in [4.78, 5) is 9.30. The van der Waals surface area contributed by atoms with Gasteiger partial charge in [-0.2, -0.15) is 8.42 Å². The van der Waals surface area contributed by atoms with E-state index >= 15 is 0 Å². The van der Waals surface area contributed by atoms with Gasteiger partial charge in [-0.05, 0) is 56.2 Å². The molecule has 2 aliphatic heterocycles. The van der Waals surface area contributed by atoms with Crippen LogP contribution in [0.5, 0.6) is 11.6 Å². The first-order valence-corrected chi connectivity index (χ1v) is 18.3. The SMILES string of the molecule is COCOc1ccccc1-c1cc(N2CC3CCC(C2)N3c2ccnc(OCCOCCOCCOS(=O)(=O)c3ccc(C)cc3)c2)c(N)nn1. The number of aryl methyl sites for hydroxylation is 1. The summed E-state index contributed by atoms with van der Waals surface area (Å²) in [6, 6.07) is 20.7. The number of aromatic nitrogens is 3. The average molecular weight is 721 g/mol. The van der Waals surface area contributed by atoms with Crippen molar-refractivity contribution in [1.29, 1.82) is 0 Å². The molecule has 15 heteroatoms. The molecule has 2 aromatic carbocycles. The lowest BCUT2D eigenvalue weighted by Gasteiger charge is -2.43. The zero-order valence-electron chi connectivity index (χ0n) is 28.8. The number of ether oxygens (including phenoxy) is 5. The minimum atomic E-state index is -3.81. The maximum Gasteiger partial charge on any atom is 0.297 e. The summed E-state index contributed by atoms with van der Waals surface area (Å²) in [5, 5.41) is 8.69. The van der Waals surface area contributed by atoms with Crippen LogP contribution in [0.15, 0.2) is 77.8 Å². The van der Waals surface area contributed by atoms with Gasteiger partial charge in [0.15, 0.2) is 12.6 Å². The summed E-state index contributed by atoms with van der Waals surface area (Å²) in [5.74, 6) is 1.59. The number of hydrogen-bond donors (Lipinski definition) is 1. The largest absolute Gasteiger partial charge is 0.475 e. The fraction of sp³-hybridized carbons (Fsp3) is 0.417. The molecule has 272 valence electrons. The third-order valence-electron chi connectivity index (χ3n) is 8.76. The molecule has 4 heterocycles.